The first-order valence-electron chi connectivity index (χ1n) is 8.09. The third-order valence-electron chi connectivity index (χ3n) is 4.29. The van der Waals surface area contributed by atoms with Crippen molar-refractivity contribution >= 4 is 11.5 Å². The summed E-state index contributed by atoms with van der Waals surface area (Å²) in [5, 5.41) is 0. The van der Waals surface area contributed by atoms with Crippen molar-refractivity contribution < 1.29 is 18.7 Å². The van der Waals surface area contributed by atoms with Gasteiger partial charge in [-0.05, 0) is 61.9 Å². The van der Waals surface area contributed by atoms with E-state index in [1.165, 1.54) is 24.8 Å². The van der Waals surface area contributed by atoms with Gasteiger partial charge in [0.25, 0.3) is 0 Å². The van der Waals surface area contributed by atoms with Gasteiger partial charge in [0.15, 0.2) is 5.75 Å². The van der Waals surface area contributed by atoms with Gasteiger partial charge in [-0.2, -0.15) is 4.39 Å². The van der Waals surface area contributed by atoms with E-state index in [0.29, 0.717) is 11.4 Å². The molecule has 0 atom stereocenters. The first-order valence-corrected chi connectivity index (χ1v) is 8.09. The number of esters is 1. The molecular weight excluding hydrogens is 323 g/mol. The summed E-state index contributed by atoms with van der Waals surface area (Å²) in [6.07, 6.45) is 6.96. The summed E-state index contributed by atoms with van der Waals surface area (Å²) < 4.78 is 23.8. The van der Waals surface area contributed by atoms with Crippen molar-refractivity contribution in [3.05, 3.63) is 52.7 Å². The fourth-order valence-corrected chi connectivity index (χ4v) is 2.97. The zero-order valence-corrected chi connectivity index (χ0v) is 14.4. The molecule has 0 aliphatic heterocycles. The van der Waals surface area contributed by atoms with E-state index in [-0.39, 0.29) is 11.4 Å². The third-order valence-corrected chi connectivity index (χ3v) is 4.29. The summed E-state index contributed by atoms with van der Waals surface area (Å²) >= 11 is 0. The lowest BCUT2D eigenvalue weighted by molar-refractivity contribution is 0.0596. The molecule has 130 valence electrons. The molecule has 0 N–H and O–H groups in total. The number of aromatic nitrogens is 2. The maximum absolute atomic E-state index is 13.2. The van der Waals surface area contributed by atoms with E-state index in [2.05, 4.69) is 16.0 Å². The van der Waals surface area contributed by atoms with Crippen LogP contribution in [0, 0.1) is 19.8 Å². The average molecular weight is 342 g/mol. The highest BCUT2D eigenvalue weighted by Crippen LogP contribution is 2.35. The number of rotatable bonds is 4. The van der Waals surface area contributed by atoms with Crippen molar-refractivity contribution in [2.24, 2.45) is 0 Å². The Hall–Kier alpha value is -2.76. The second-order valence-corrected chi connectivity index (χ2v) is 5.91. The normalized spacial score (nSPS) is 13.5. The van der Waals surface area contributed by atoms with Gasteiger partial charge in [0.1, 0.15) is 5.56 Å². The van der Waals surface area contributed by atoms with Crippen molar-refractivity contribution in [1.82, 2.24) is 9.97 Å². The molecule has 3 rings (SSSR count). The van der Waals surface area contributed by atoms with Gasteiger partial charge < -0.3 is 9.47 Å². The van der Waals surface area contributed by atoms with Crippen LogP contribution in [0.2, 0.25) is 0 Å². The van der Waals surface area contributed by atoms with Crippen LogP contribution in [0.25, 0.3) is 5.57 Å². The van der Waals surface area contributed by atoms with Crippen LogP contribution in [0.3, 0.4) is 0 Å². The number of pyridine rings is 2. The molecular formula is C19H19FN2O3. The second kappa shape index (κ2) is 7.01. The summed E-state index contributed by atoms with van der Waals surface area (Å²) in [5.41, 5.74) is 3.52. The smallest absolute Gasteiger partial charge is 0.343 e. The van der Waals surface area contributed by atoms with Crippen LogP contribution in [0.1, 0.15) is 46.4 Å². The number of halogens is 1. The third kappa shape index (κ3) is 3.38. The van der Waals surface area contributed by atoms with Gasteiger partial charge in [0, 0.05) is 6.20 Å². The molecule has 6 heteroatoms. The molecule has 2 aromatic rings. The number of nitrogens with zero attached hydrogens (tertiary/aromatic N) is 2. The highest BCUT2D eigenvalue weighted by molar-refractivity contribution is 5.95. The van der Waals surface area contributed by atoms with Gasteiger partial charge in [0.2, 0.25) is 11.8 Å². The van der Waals surface area contributed by atoms with Gasteiger partial charge in [-0.3, -0.25) is 0 Å². The molecule has 0 saturated heterocycles. The van der Waals surface area contributed by atoms with Crippen LogP contribution in [0.15, 0.2) is 24.4 Å². The summed E-state index contributed by atoms with van der Waals surface area (Å²) in [4.78, 5) is 20.4. The average Bonchev–Trinajstić information content (AvgIpc) is 3.11. The molecule has 0 spiro atoms. The van der Waals surface area contributed by atoms with Crippen LogP contribution in [0.5, 0.6) is 11.6 Å². The molecule has 2 aromatic heterocycles. The lowest BCUT2D eigenvalue weighted by Crippen LogP contribution is -2.10. The number of hydrogen-bond donors (Lipinski definition) is 0. The SMILES string of the molecule is COC(=O)c1c(Oc2ccc(F)nc2C)ncc(C2=CCCC2)c1C. The molecule has 0 aromatic carbocycles. The Balaban J connectivity index is 2.06. The number of hydrogen-bond acceptors (Lipinski definition) is 5. The molecule has 25 heavy (non-hydrogen) atoms. The molecule has 0 fully saturated rings. The van der Waals surface area contributed by atoms with E-state index in [1.54, 1.807) is 13.1 Å². The quantitative estimate of drug-likeness (QED) is 0.609. The summed E-state index contributed by atoms with van der Waals surface area (Å²) in [7, 11) is 1.32. The molecule has 0 amide bonds. The molecule has 1 aliphatic carbocycles. The van der Waals surface area contributed by atoms with Crippen LogP contribution in [-0.4, -0.2) is 23.0 Å². The van der Waals surface area contributed by atoms with Gasteiger partial charge in [-0.15, -0.1) is 0 Å². The fourth-order valence-electron chi connectivity index (χ4n) is 2.97. The number of carbonyl (C=O) groups excluding carboxylic acids is 1. The topological polar surface area (TPSA) is 61.3 Å². The van der Waals surface area contributed by atoms with Crippen LogP contribution in [0.4, 0.5) is 4.39 Å². The highest BCUT2D eigenvalue weighted by Gasteiger charge is 2.23. The van der Waals surface area contributed by atoms with E-state index in [9.17, 15) is 9.18 Å². The van der Waals surface area contributed by atoms with Crippen molar-refractivity contribution in [3.8, 4) is 11.6 Å². The van der Waals surface area contributed by atoms with Crippen molar-refractivity contribution in [2.45, 2.75) is 33.1 Å². The Bertz CT molecular complexity index is 862. The molecule has 0 bridgehead atoms. The maximum Gasteiger partial charge on any atom is 0.343 e. The standard InChI is InChI=1S/C19H19FN2O3/c1-11-14(13-6-4-5-7-13)10-21-18(17(11)19(23)24-3)25-15-8-9-16(20)22-12(15)2/h6,8-10H,4-5,7H2,1-3H3. The zero-order chi connectivity index (χ0) is 18.0. The van der Waals surface area contributed by atoms with Crippen LogP contribution in [-0.2, 0) is 4.74 Å². The molecule has 0 saturated carbocycles. The molecule has 5 nitrogen and oxygen atoms in total. The molecule has 2 heterocycles. The fraction of sp³-hybridized carbons (Fsp3) is 0.316. The van der Waals surface area contributed by atoms with E-state index in [0.717, 1.165) is 30.4 Å². The van der Waals surface area contributed by atoms with Crippen molar-refractivity contribution in [2.75, 3.05) is 7.11 Å². The molecule has 0 unspecified atom stereocenters. The summed E-state index contributed by atoms with van der Waals surface area (Å²) in [6.45, 7) is 3.48. The molecule has 1 aliphatic rings. The van der Waals surface area contributed by atoms with E-state index in [1.807, 2.05) is 6.92 Å². The van der Waals surface area contributed by atoms with Gasteiger partial charge >= 0.3 is 5.97 Å². The Morgan fingerprint density at radius 1 is 1.28 bits per heavy atom. The van der Waals surface area contributed by atoms with E-state index in [4.69, 9.17) is 9.47 Å². The summed E-state index contributed by atoms with van der Waals surface area (Å²) in [6, 6.07) is 2.66. The Morgan fingerprint density at radius 2 is 2.08 bits per heavy atom. The Labute approximate surface area is 145 Å². The van der Waals surface area contributed by atoms with E-state index < -0.39 is 11.9 Å². The van der Waals surface area contributed by atoms with Crippen LogP contribution < -0.4 is 4.74 Å². The predicted molar refractivity (Wildman–Crippen MR) is 91.1 cm³/mol. The number of allylic oxidation sites excluding steroid dienone is 2. The monoisotopic (exact) mass is 342 g/mol. The number of methoxy groups -OCH3 is 1. The first-order chi connectivity index (χ1) is 12.0. The second-order valence-electron chi connectivity index (χ2n) is 5.91. The van der Waals surface area contributed by atoms with Crippen molar-refractivity contribution in [3.63, 3.8) is 0 Å². The Morgan fingerprint density at radius 3 is 2.72 bits per heavy atom. The number of carbonyl (C=O) groups is 1. The Kier molecular flexibility index (Phi) is 4.79. The van der Waals surface area contributed by atoms with E-state index >= 15 is 0 Å². The van der Waals surface area contributed by atoms with Gasteiger partial charge in [0.05, 0.1) is 12.8 Å². The lowest BCUT2D eigenvalue weighted by Gasteiger charge is -2.15. The largest absolute Gasteiger partial charge is 0.465 e. The van der Waals surface area contributed by atoms with Crippen LogP contribution >= 0.6 is 0 Å². The minimum atomic E-state index is -0.592. The highest BCUT2D eigenvalue weighted by atomic mass is 19.1. The van der Waals surface area contributed by atoms with Gasteiger partial charge in [-0.25, -0.2) is 14.8 Å². The van der Waals surface area contributed by atoms with Crippen molar-refractivity contribution in [1.29, 1.82) is 0 Å². The lowest BCUT2D eigenvalue weighted by atomic mass is 9.98. The summed E-state index contributed by atoms with van der Waals surface area (Å²) in [5.74, 6) is -0.645. The minimum absolute atomic E-state index is 0.128. The molecule has 0 radical (unpaired) electrons. The number of aryl methyl sites for hydroxylation is 1. The predicted octanol–water partition coefficient (Wildman–Crippen LogP) is 4.38. The first kappa shape index (κ1) is 17.1. The maximum atomic E-state index is 13.2. The van der Waals surface area contributed by atoms with Gasteiger partial charge in [-0.1, -0.05) is 6.08 Å². The minimum Gasteiger partial charge on any atom is -0.465 e. The number of ether oxygens (including phenoxy) is 2. The zero-order valence-electron chi connectivity index (χ0n) is 14.4.